The van der Waals surface area contributed by atoms with Gasteiger partial charge in [0, 0.05) is 19.3 Å². The van der Waals surface area contributed by atoms with Crippen LogP contribution in [0.3, 0.4) is 0 Å². The number of hydrogen-bond donors (Lipinski definition) is 0. The van der Waals surface area contributed by atoms with Crippen molar-refractivity contribution in [3.05, 3.63) is 0 Å². The molecule has 0 aliphatic heterocycles. The van der Waals surface area contributed by atoms with Gasteiger partial charge in [0.05, 0.1) is 18.8 Å². The van der Waals surface area contributed by atoms with E-state index in [4.69, 9.17) is 0 Å². The highest BCUT2D eigenvalue weighted by Gasteiger charge is 2.15. The Hall–Kier alpha value is -0.620. The van der Waals surface area contributed by atoms with Crippen LogP contribution in [0.2, 0.25) is 0 Å². The molecule has 0 heterocycles. The van der Waals surface area contributed by atoms with Crippen molar-refractivity contribution in [1.29, 1.82) is 0 Å². The first-order valence-electron chi connectivity index (χ1n) is 4.70. The number of hydrogen-bond acceptors (Lipinski definition) is 5. The first-order chi connectivity index (χ1) is 6.76. The fraction of sp³-hybridized carbons (Fsp3) is 0.889. The first-order valence-corrected chi connectivity index (χ1v) is 6.76. The third-order valence-corrected chi connectivity index (χ3v) is 2.96. The summed E-state index contributed by atoms with van der Waals surface area (Å²) in [4.78, 5) is 12.9. The fourth-order valence-corrected chi connectivity index (χ4v) is 1.80. The zero-order valence-electron chi connectivity index (χ0n) is 9.69. The first kappa shape index (κ1) is 14.4. The lowest BCUT2D eigenvalue weighted by Crippen LogP contribution is -2.32. The van der Waals surface area contributed by atoms with E-state index in [-0.39, 0.29) is 17.6 Å². The van der Waals surface area contributed by atoms with Crippen molar-refractivity contribution >= 4 is 15.8 Å². The number of ether oxygens (including phenoxy) is 1. The van der Waals surface area contributed by atoms with E-state index in [2.05, 4.69) is 4.74 Å². The Balaban J connectivity index is 3.94. The molecular formula is C9H19NO4S. The van der Waals surface area contributed by atoms with Crippen molar-refractivity contribution in [2.24, 2.45) is 5.92 Å². The maximum absolute atomic E-state index is 11.1. The van der Waals surface area contributed by atoms with Gasteiger partial charge in [-0.25, -0.2) is 8.42 Å². The van der Waals surface area contributed by atoms with Crippen LogP contribution in [-0.4, -0.2) is 58.5 Å². The SMILES string of the molecule is COC(=O)C(C)CN(C)CCS(C)(=O)=O. The minimum atomic E-state index is -2.94. The lowest BCUT2D eigenvalue weighted by molar-refractivity contribution is -0.145. The van der Waals surface area contributed by atoms with Gasteiger partial charge >= 0.3 is 5.97 Å². The van der Waals surface area contributed by atoms with Crippen molar-refractivity contribution in [3.8, 4) is 0 Å². The van der Waals surface area contributed by atoms with Crippen LogP contribution in [0.5, 0.6) is 0 Å². The van der Waals surface area contributed by atoms with Gasteiger partial charge in [-0.05, 0) is 7.05 Å². The molecule has 0 spiro atoms. The van der Waals surface area contributed by atoms with Gasteiger partial charge in [0.2, 0.25) is 0 Å². The van der Waals surface area contributed by atoms with Crippen molar-refractivity contribution < 1.29 is 17.9 Å². The molecule has 0 fully saturated rings. The van der Waals surface area contributed by atoms with E-state index in [1.54, 1.807) is 14.0 Å². The van der Waals surface area contributed by atoms with Crippen molar-refractivity contribution in [1.82, 2.24) is 4.90 Å². The number of nitrogens with zero attached hydrogens (tertiary/aromatic N) is 1. The maximum atomic E-state index is 11.1. The molecule has 0 radical (unpaired) electrons. The molecule has 0 rings (SSSR count). The van der Waals surface area contributed by atoms with Gasteiger partial charge in [-0.2, -0.15) is 0 Å². The van der Waals surface area contributed by atoms with E-state index in [0.717, 1.165) is 0 Å². The summed E-state index contributed by atoms with van der Waals surface area (Å²) in [6.45, 7) is 2.69. The summed E-state index contributed by atoms with van der Waals surface area (Å²) in [5.74, 6) is -0.405. The molecule has 0 bridgehead atoms. The van der Waals surface area contributed by atoms with Crippen LogP contribution in [-0.2, 0) is 19.4 Å². The molecule has 0 amide bonds. The highest BCUT2D eigenvalue weighted by molar-refractivity contribution is 7.90. The quantitative estimate of drug-likeness (QED) is 0.597. The zero-order chi connectivity index (χ0) is 12.1. The minimum Gasteiger partial charge on any atom is -0.469 e. The van der Waals surface area contributed by atoms with E-state index >= 15 is 0 Å². The van der Waals surface area contributed by atoms with Crippen LogP contribution in [0, 0.1) is 5.92 Å². The third-order valence-electron chi connectivity index (χ3n) is 2.03. The maximum Gasteiger partial charge on any atom is 0.309 e. The van der Waals surface area contributed by atoms with Gasteiger partial charge in [-0.15, -0.1) is 0 Å². The molecule has 15 heavy (non-hydrogen) atoms. The van der Waals surface area contributed by atoms with Crippen LogP contribution in [0.1, 0.15) is 6.92 Å². The van der Waals surface area contributed by atoms with Gasteiger partial charge in [0.25, 0.3) is 0 Å². The Kier molecular flexibility index (Phi) is 5.82. The van der Waals surface area contributed by atoms with Crippen LogP contribution < -0.4 is 0 Å². The Labute approximate surface area is 91.3 Å². The number of carbonyl (C=O) groups excluding carboxylic acids is 1. The largest absolute Gasteiger partial charge is 0.469 e. The van der Waals surface area contributed by atoms with Gasteiger partial charge in [0.15, 0.2) is 0 Å². The predicted octanol–water partition coefficient (Wildman–Crippen LogP) is -0.228. The fourth-order valence-electron chi connectivity index (χ4n) is 1.16. The van der Waals surface area contributed by atoms with Crippen LogP contribution in [0.25, 0.3) is 0 Å². The average molecular weight is 237 g/mol. The minimum absolute atomic E-state index is 0.109. The molecule has 0 aliphatic carbocycles. The highest BCUT2D eigenvalue weighted by Crippen LogP contribution is 2.00. The molecule has 0 N–H and O–H groups in total. The molecule has 0 aromatic heterocycles. The topological polar surface area (TPSA) is 63.7 Å². The van der Waals surface area contributed by atoms with Crippen molar-refractivity contribution in [3.63, 3.8) is 0 Å². The van der Waals surface area contributed by atoms with Crippen LogP contribution in [0.15, 0.2) is 0 Å². The molecule has 0 aromatic carbocycles. The molecule has 1 atom stereocenters. The van der Waals surface area contributed by atoms with E-state index in [9.17, 15) is 13.2 Å². The Bertz CT molecular complexity index is 299. The molecule has 6 heteroatoms. The summed E-state index contributed by atoms with van der Waals surface area (Å²) >= 11 is 0. The molecular weight excluding hydrogens is 218 g/mol. The lowest BCUT2D eigenvalue weighted by Gasteiger charge is -2.19. The summed E-state index contributed by atoms with van der Waals surface area (Å²) in [6.07, 6.45) is 1.20. The predicted molar refractivity (Wildman–Crippen MR) is 58.4 cm³/mol. The van der Waals surface area contributed by atoms with Gasteiger partial charge in [-0.1, -0.05) is 6.92 Å². The van der Waals surface area contributed by atoms with Gasteiger partial charge in [-0.3, -0.25) is 4.79 Å². The monoisotopic (exact) mass is 237 g/mol. The molecule has 5 nitrogen and oxygen atoms in total. The average Bonchev–Trinajstić information content (AvgIpc) is 2.12. The van der Waals surface area contributed by atoms with E-state index in [1.165, 1.54) is 13.4 Å². The molecule has 0 saturated heterocycles. The smallest absolute Gasteiger partial charge is 0.309 e. The van der Waals surface area contributed by atoms with Crippen molar-refractivity contribution in [2.75, 3.05) is 39.3 Å². The number of rotatable bonds is 6. The van der Waals surface area contributed by atoms with E-state index in [1.807, 2.05) is 4.90 Å². The Morgan fingerprint density at radius 2 is 2.00 bits per heavy atom. The summed E-state index contributed by atoms with van der Waals surface area (Å²) < 4.78 is 26.4. The summed E-state index contributed by atoms with van der Waals surface area (Å²) in [5.41, 5.74) is 0. The number of carbonyl (C=O) groups is 1. The lowest BCUT2D eigenvalue weighted by atomic mass is 10.2. The van der Waals surface area contributed by atoms with Crippen LogP contribution >= 0.6 is 0 Å². The van der Waals surface area contributed by atoms with E-state index in [0.29, 0.717) is 13.1 Å². The van der Waals surface area contributed by atoms with Crippen LogP contribution in [0.4, 0.5) is 0 Å². The molecule has 1 unspecified atom stereocenters. The van der Waals surface area contributed by atoms with Gasteiger partial charge in [0.1, 0.15) is 9.84 Å². The number of methoxy groups -OCH3 is 1. The number of sulfone groups is 1. The number of esters is 1. The zero-order valence-corrected chi connectivity index (χ0v) is 10.5. The third kappa shape index (κ3) is 7.33. The second-order valence-electron chi connectivity index (χ2n) is 3.82. The molecule has 0 aliphatic rings. The van der Waals surface area contributed by atoms with E-state index < -0.39 is 9.84 Å². The summed E-state index contributed by atoms with van der Waals surface area (Å²) in [5, 5.41) is 0. The standard InChI is InChI=1S/C9H19NO4S/c1-8(9(11)14-3)7-10(2)5-6-15(4,12)13/h8H,5-7H2,1-4H3. The molecule has 0 saturated carbocycles. The Morgan fingerprint density at radius 1 is 1.47 bits per heavy atom. The molecule has 90 valence electrons. The summed E-state index contributed by atoms with van der Waals surface area (Å²) in [6, 6.07) is 0. The van der Waals surface area contributed by atoms with Crippen molar-refractivity contribution in [2.45, 2.75) is 6.92 Å². The second-order valence-corrected chi connectivity index (χ2v) is 6.08. The normalized spacial score (nSPS) is 13.9. The highest BCUT2D eigenvalue weighted by atomic mass is 32.2. The second kappa shape index (κ2) is 6.07. The molecule has 0 aromatic rings. The summed E-state index contributed by atoms with van der Waals surface area (Å²) in [7, 11) is 0.186. The van der Waals surface area contributed by atoms with Gasteiger partial charge < -0.3 is 9.64 Å². The Morgan fingerprint density at radius 3 is 2.40 bits per heavy atom.